The van der Waals surface area contributed by atoms with Crippen LogP contribution in [0.3, 0.4) is 0 Å². The van der Waals surface area contributed by atoms with Gasteiger partial charge in [-0.1, -0.05) is 12.1 Å². The van der Waals surface area contributed by atoms with E-state index in [1.807, 2.05) is 0 Å². The number of aromatic hydroxyl groups is 1. The first-order chi connectivity index (χ1) is 17.5. The Morgan fingerprint density at radius 1 is 1.16 bits per heavy atom. The highest BCUT2D eigenvalue weighted by Crippen LogP contribution is 2.49. The first-order valence-corrected chi connectivity index (χ1v) is 11.8. The minimum absolute atomic E-state index is 0.0155. The molecule has 0 spiro atoms. The number of aliphatic carboxylic acids is 1. The molecule has 4 rings (SSSR count). The molecule has 12 nitrogen and oxygen atoms in total. The lowest BCUT2D eigenvalue weighted by Crippen LogP contribution is -2.61. The Morgan fingerprint density at radius 2 is 1.86 bits per heavy atom. The van der Waals surface area contributed by atoms with Crippen LogP contribution < -0.4 is 0 Å². The van der Waals surface area contributed by atoms with Crippen LogP contribution in [-0.2, 0) is 28.5 Å². The summed E-state index contributed by atoms with van der Waals surface area (Å²) >= 11 is 0. The number of ether oxygens (including phenoxy) is 4. The molecular formula is C25H30O12. The predicted octanol–water partition coefficient (Wildman–Crippen LogP) is -0.125. The molecule has 0 unspecified atom stereocenters. The molecule has 37 heavy (non-hydrogen) atoms. The summed E-state index contributed by atoms with van der Waals surface area (Å²) in [5, 5.41) is 60.4. The molecule has 0 amide bonds. The Morgan fingerprint density at radius 3 is 2.51 bits per heavy atom. The van der Waals surface area contributed by atoms with Crippen LogP contribution in [-0.4, -0.2) is 91.8 Å². The normalized spacial score (nSPS) is 37.5. The van der Waals surface area contributed by atoms with Crippen LogP contribution in [0.5, 0.6) is 5.75 Å². The molecule has 1 aliphatic carbocycles. The van der Waals surface area contributed by atoms with Gasteiger partial charge in [0.25, 0.3) is 0 Å². The number of aliphatic hydroxyl groups is 4. The highest BCUT2D eigenvalue weighted by molar-refractivity contribution is 5.87. The van der Waals surface area contributed by atoms with Gasteiger partial charge in [-0.2, -0.15) is 0 Å². The van der Waals surface area contributed by atoms with Gasteiger partial charge in [-0.05, 0) is 43.5 Å². The highest BCUT2D eigenvalue weighted by atomic mass is 16.8. The highest BCUT2D eigenvalue weighted by Gasteiger charge is 2.56. The maximum absolute atomic E-state index is 12.5. The fourth-order valence-electron chi connectivity index (χ4n) is 5.04. The summed E-state index contributed by atoms with van der Waals surface area (Å²) in [6.45, 7) is 0.850. The van der Waals surface area contributed by atoms with Crippen molar-refractivity contribution in [3.63, 3.8) is 0 Å². The summed E-state index contributed by atoms with van der Waals surface area (Å²) in [6.07, 6.45) is -4.80. The summed E-state index contributed by atoms with van der Waals surface area (Å²) < 4.78 is 22.3. The molecule has 3 aliphatic rings. The van der Waals surface area contributed by atoms with Crippen molar-refractivity contribution >= 4 is 18.0 Å². The third kappa shape index (κ3) is 5.64. The number of hydrogen-bond donors (Lipinski definition) is 6. The molecule has 202 valence electrons. The van der Waals surface area contributed by atoms with Gasteiger partial charge in [0.2, 0.25) is 12.6 Å². The molecule has 2 heterocycles. The summed E-state index contributed by atoms with van der Waals surface area (Å²) in [7, 11) is 0. The molecule has 1 aromatic carbocycles. The molecule has 0 aromatic heterocycles. The number of phenols is 1. The van der Waals surface area contributed by atoms with E-state index in [0.29, 0.717) is 12.0 Å². The van der Waals surface area contributed by atoms with E-state index in [2.05, 4.69) is 0 Å². The second-order valence-electron chi connectivity index (χ2n) is 9.58. The monoisotopic (exact) mass is 522 g/mol. The lowest BCUT2D eigenvalue weighted by Gasteiger charge is -2.44. The van der Waals surface area contributed by atoms with Crippen molar-refractivity contribution in [3.05, 3.63) is 47.7 Å². The maximum Gasteiger partial charge on any atom is 0.334 e. The zero-order valence-electron chi connectivity index (χ0n) is 19.9. The largest absolute Gasteiger partial charge is 0.508 e. The van der Waals surface area contributed by atoms with E-state index in [9.17, 15) is 40.2 Å². The molecule has 12 heteroatoms. The van der Waals surface area contributed by atoms with Crippen molar-refractivity contribution in [1.82, 2.24) is 0 Å². The average molecular weight is 523 g/mol. The van der Waals surface area contributed by atoms with E-state index >= 15 is 0 Å². The molecule has 2 fully saturated rings. The number of rotatable bonds is 7. The van der Waals surface area contributed by atoms with E-state index in [-0.39, 0.29) is 17.7 Å². The number of aliphatic hydroxyl groups excluding tert-OH is 3. The number of carboxylic acids is 1. The van der Waals surface area contributed by atoms with Crippen molar-refractivity contribution in [2.75, 3.05) is 6.61 Å². The number of carbonyl (C=O) groups excluding carboxylic acids is 1. The molecular weight excluding hydrogens is 492 g/mol. The van der Waals surface area contributed by atoms with Crippen LogP contribution in [0.4, 0.5) is 0 Å². The summed E-state index contributed by atoms with van der Waals surface area (Å²) in [6, 6.07) is 5.97. The van der Waals surface area contributed by atoms with Gasteiger partial charge in [-0.3, -0.25) is 0 Å². The van der Waals surface area contributed by atoms with Crippen LogP contribution in [0.2, 0.25) is 0 Å². The zero-order valence-corrected chi connectivity index (χ0v) is 19.9. The van der Waals surface area contributed by atoms with Crippen molar-refractivity contribution in [1.29, 1.82) is 0 Å². The third-order valence-electron chi connectivity index (χ3n) is 7.03. The van der Waals surface area contributed by atoms with Gasteiger partial charge < -0.3 is 49.6 Å². The van der Waals surface area contributed by atoms with Gasteiger partial charge in [-0.15, -0.1) is 0 Å². The average Bonchev–Trinajstić information content (AvgIpc) is 3.18. The van der Waals surface area contributed by atoms with E-state index in [1.165, 1.54) is 25.1 Å². The molecule has 1 saturated heterocycles. The van der Waals surface area contributed by atoms with Crippen LogP contribution in [0.25, 0.3) is 6.08 Å². The lowest BCUT2D eigenvalue weighted by atomic mass is 9.81. The van der Waals surface area contributed by atoms with Crippen LogP contribution >= 0.6 is 0 Å². The van der Waals surface area contributed by atoms with Crippen molar-refractivity contribution in [2.24, 2.45) is 11.8 Å². The zero-order chi connectivity index (χ0) is 26.9. The molecule has 2 aliphatic heterocycles. The number of phenolic OH excluding ortho intramolecular Hbond substituents is 1. The summed E-state index contributed by atoms with van der Waals surface area (Å²) in [4.78, 5) is 24.2. The first-order valence-electron chi connectivity index (χ1n) is 11.8. The van der Waals surface area contributed by atoms with E-state index in [0.717, 1.165) is 12.3 Å². The molecule has 1 saturated carbocycles. The van der Waals surface area contributed by atoms with Crippen LogP contribution in [0.15, 0.2) is 42.2 Å². The Labute approximate surface area is 212 Å². The van der Waals surface area contributed by atoms with Crippen molar-refractivity contribution in [3.8, 4) is 5.75 Å². The standard InChI is InChI=1S/C25H30O12/c1-25(33)9-8-14-15(22(31)32)11-34-23(18(14)25)37-24-21(20(30)19(29)16(10-26)35-24)36-17(28)7-4-12-2-5-13(27)6-3-12/h2-7,11,14,16,18-21,23-24,26-27,29-30,33H,8-10H2,1H3,(H,31,32)/b7-4+/t14-,16-,18+,19+,20+,21+,23-,24+,25+/m0/s1. The van der Waals surface area contributed by atoms with E-state index in [1.54, 1.807) is 12.1 Å². The van der Waals surface area contributed by atoms with Gasteiger partial charge in [-0.25, -0.2) is 9.59 Å². The topological polar surface area (TPSA) is 192 Å². The number of fused-ring (bicyclic) bond motifs is 1. The van der Waals surface area contributed by atoms with E-state index < -0.39 is 73.0 Å². The van der Waals surface area contributed by atoms with Crippen LogP contribution in [0, 0.1) is 11.8 Å². The SMILES string of the molecule is C[C@@]1(O)CC[C@H]2C(C(=O)O)=CO[C@@H](O[C@H]3O[C@@H](CO)[C@@H](O)[C@@H](O)[C@H]3OC(=O)/C=C/c3ccc(O)cc3)[C@@H]21. The van der Waals surface area contributed by atoms with Gasteiger partial charge >= 0.3 is 11.9 Å². The first kappa shape index (κ1) is 27.0. The fraction of sp³-hybridized carbons (Fsp3) is 0.520. The van der Waals surface area contributed by atoms with Crippen molar-refractivity contribution in [2.45, 2.75) is 62.4 Å². The minimum Gasteiger partial charge on any atom is -0.508 e. The van der Waals surface area contributed by atoms with Crippen molar-refractivity contribution < 1.29 is 59.2 Å². The maximum atomic E-state index is 12.5. The Hall–Kier alpha value is -3.00. The Balaban J connectivity index is 1.55. The van der Waals surface area contributed by atoms with Gasteiger partial charge in [0.1, 0.15) is 24.1 Å². The van der Waals surface area contributed by atoms with E-state index in [4.69, 9.17) is 18.9 Å². The molecule has 1 aromatic rings. The lowest BCUT2D eigenvalue weighted by molar-refractivity contribution is -0.346. The molecule has 6 N–H and O–H groups in total. The predicted molar refractivity (Wildman–Crippen MR) is 123 cm³/mol. The number of esters is 1. The summed E-state index contributed by atoms with van der Waals surface area (Å²) in [5.41, 5.74) is -0.792. The molecule has 9 atom stereocenters. The van der Waals surface area contributed by atoms with Gasteiger partial charge in [0, 0.05) is 12.0 Å². The third-order valence-corrected chi connectivity index (χ3v) is 7.03. The number of carbonyl (C=O) groups is 2. The molecule has 0 radical (unpaired) electrons. The molecule has 0 bridgehead atoms. The summed E-state index contributed by atoms with van der Waals surface area (Å²) in [5.74, 6) is -3.46. The van der Waals surface area contributed by atoms with Crippen LogP contribution in [0.1, 0.15) is 25.3 Å². The smallest absolute Gasteiger partial charge is 0.334 e. The van der Waals surface area contributed by atoms with Gasteiger partial charge in [0.05, 0.1) is 30.0 Å². The second-order valence-corrected chi connectivity index (χ2v) is 9.58. The number of hydrogen-bond acceptors (Lipinski definition) is 11. The minimum atomic E-state index is -1.71. The fourth-order valence-corrected chi connectivity index (χ4v) is 5.04. The Kier molecular flexibility index (Phi) is 7.88. The Bertz CT molecular complexity index is 1050. The quantitative estimate of drug-likeness (QED) is 0.206. The number of benzene rings is 1. The second kappa shape index (κ2) is 10.8. The van der Waals surface area contributed by atoms with Gasteiger partial charge in [0.15, 0.2) is 6.10 Å². The number of carboxylic acid groups (broad SMARTS) is 1.